The zero-order valence-corrected chi connectivity index (χ0v) is 9.76. The highest BCUT2D eigenvalue weighted by molar-refractivity contribution is 6.01. The Bertz CT molecular complexity index is 396. The Labute approximate surface area is 91.5 Å². The van der Waals surface area contributed by atoms with Crippen molar-refractivity contribution in [3.63, 3.8) is 0 Å². The molecule has 0 saturated carbocycles. The highest BCUT2D eigenvalue weighted by atomic mass is 16.1. The summed E-state index contributed by atoms with van der Waals surface area (Å²) >= 11 is 0. The lowest BCUT2D eigenvalue weighted by atomic mass is 9.84. The highest BCUT2D eigenvalue weighted by Crippen LogP contribution is 2.29. The Hall–Kier alpha value is -1.11. The van der Waals surface area contributed by atoms with Gasteiger partial charge >= 0.3 is 0 Å². The second kappa shape index (κ2) is 3.48. The molecule has 0 heterocycles. The van der Waals surface area contributed by atoms with Gasteiger partial charge in [-0.15, -0.1) is 0 Å². The van der Waals surface area contributed by atoms with Gasteiger partial charge in [-0.05, 0) is 30.4 Å². The van der Waals surface area contributed by atoms with E-state index in [0.29, 0.717) is 0 Å². The minimum Gasteiger partial charge on any atom is -0.294 e. The third-order valence-corrected chi connectivity index (χ3v) is 3.07. The topological polar surface area (TPSA) is 17.1 Å². The lowest BCUT2D eigenvalue weighted by Gasteiger charge is -2.18. The number of fused-ring (bicyclic) bond motifs is 1. The lowest BCUT2D eigenvalue weighted by Crippen LogP contribution is -2.21. The Balaban J connectivity index is 2.46. The first-order valence-corrected chi connectivity index (χ1v) is 5.66. The largest absolute Gasteiger partial charge is 0.294 e. The van der Waals surface area contributed by atoms with E-state index in [2.05, 4.69) is 6.07 Å². The Morgan fingerprint density at radius 1 is 1.20 bits per heavy atom. The molecule has 0 atom stereocenters. The molecule has 0 radical (unpaired) electrons. The van der Waals surface area contributed by atoms with E-state index in [-0.39, 0.29) is 11.2 Å². The summed E-state index contributed by atoms with van der Waals surface area (Å²) in [5.41, 5.74) is 3.37. The van der Waals surface area contributed by atoms with Gasteiger partial charge in [-0.1, -0.05) is 39.0 Å². The van der Waals surface area contributed by atoms with Crippen molar-refractivity contribution in [2.75, 3.05) is 0 Å². The number of hydrogen-bond donors (Lipinski definition) is 0. The molecule has 15 heavy (non-hydrogen) atoms. The van der Waals surface area contributed by atoms with Gasteiger partial charge < -0.3 is 0 Å². The number of benzene rings is 1. The summed E-state index contributed by atoms with van der Waals surface area (Å²) in [6, 6.07) is 6.16. The Morgan fingerprint density at radius 3 is 2.60 bits per heavy atom. The molecular formula is C14H18O. The van der Waals surface area contributed by atoms with Gasteiger partial charge in [0.25, 0.3) is 0 Å². The fraction of sp³-hybridized carbons (Fsp3) is 0.500. The summed E-state index contributed by atoms with van der Waals surface area (Å²) in [5, 5.41) is 0. The molecule has 1 aromatic rings. The van der Waals surface area contributed by atoms with Gasteiger partial charge in [-0.3, -0.25) is 4.79 Å². The van der Waals surface area contributed by atoms with Gasteiger partial charge in [0, 0.05) is 11.0 Å². The molecule has 0 N–H and O–H groups in total. The molecule has 0 aliphatic heterocycles. The second-order valence-corrected chi connectivity index (χ2v) is 5.38. The van der Waals surface area contributed by atoms with Crippen molar-refractivity contribution < 1.29 is 4.79 Å². The first kappa shape index (κ1) is 10.4. The molecule has 0 unspecified atom stereocenters. The van der Waals surface area contributed by atoms with Crippen LogP contribution in [0.5, 0.6) is 0 Å². The number of ketones is 1. The van der Waals surface area contributed by atoms with Crippen molar-refractivity contribution in [3.8, 4) is 0 Å². The van der Waals surface area contributed by atoms with Crippen LogP contribution in [0.2, 0.25) is 0 Å². The van der Waals surface area contributed by atoms with E-state index in [9.17, 15) is 4.79 Å². The van der Waals surface area contributed by atoms with Gasteiger partial charge in [0.1, 0.15) is 0 Å². The fourth-order valence-electron chi connectivity index (χ4n) is 2.24. The van der Waals surface area contributed by atoms with Crippen LogP contribution in [0.4, 0.5) is 0 Å². The molecule has 0 saturated heterocycles. The summed E-state index contributed by atoms with van der Waals surface area (Å²) in [6.45, 7) is 5.97. The minimum atomic E-state index is -0.266. The number of hydrogen-bond acceptors (Lipinski definition) is 1. The number of Topliss-reactive ketones (excluding diaryl/α,β-unsaturated/α-hetero) is 1. The summed E-state index contributed by atoms with van der Waals surface area (Å²) in [4.78, 5) is 12.2. The SMILES string of the molecule is CC(C)(C)C(=O)c1cccc2c1CCC2. The third-order valence-electron chi connectivity index (χ3n) is 3.07. The summed E-state index contributed by atoms with van der Waals surface area (Å²) < 4.78 is 0. The van der Waals surface area contributed by atoms with Crippen molar-refractivity contribution in [1.29, 1.82) is 0 Å². The van der Waals surface area contributed by atoms with Crippen molar-refractivity contribution in [1.82, 2.24) is 0 Å². The Kier molecular flexibility index (Phi) is 2.41. The number of carbonyl (C=O) groups excluding carboxylic acids is 1. The van der Waals surface area contributed by atoms with Gasteiger partial charge in [0.05, 0.1) is 0 Å². The molecule has 1 aromatic carbocycles. The molecular weight excluding hydrogens is 184 g/mol. The average Bonchev–Trinajstić information content (AvgIpc) is 2.62. The molecule has 0 aromatic heterocycles. The van der Waals surface area contributed by atoms with Crippen LogP contribution < -0.4 is 0 Å². The highest BCUT2D eigenvalue weighted by Gasteiger charge is 2.26. The molecule has 0 spiro atoms. The maximum atomic E-state index is 12.2. The van der Waals surface area contributed by atoms with E-state index < -0.39 is 0 Å². The van der Waals surface area contributed by atoms with E-state index in [1.807, 2.05) is 32.9 Å². The quantitative estimate of drug-likeness (QED) is 0.638. The summed E-state index contributed by atoms with van der Waals surface area (Å²) in [7, 11) is 0. The van der Waals surface area contributed by atoms with Crippen LogP contribution in [0.3, 0.4) is 0 Å². The van der Waals surface area contributed by atoms with E-state index in [1.54, 1.807) is 0 Å². The van der Waals surface area contributed by atoms with Gasteiger partial charge in [0.15, 0.2) is 5.78 Å². The molecule has 2 rings (SSSR count). The van der Waals surface area contributed by atoms with Crippen LogP contribution in [-0.4, -0.2) is 5.78 Å². The normalized spacial score (nSPS) is 15.1. The first-order chi connectivity index (χ1) is 7.00. The van der Waals surface area contributed by atoms with Crippen LogP contribution in [0, 0.1) is 5.41 Å². The molecule has 0 bridgehead atoms. The van der Waals surface area contributed by atoms with E-state index in [0.717, 1.165) is 18.4 Å². The Morgan fingerprint density at radius 2 is 1.93 bits per heavy atom. The number of aryl methyl sites for hydroxylation is 1. The maximum absolute atomic E-state index is 12.2. The zero-order valence-electron chi connectivity index (χ0n) is 9.76. The standard InChI is InChI=1S/C14H18O/c1-14(2,3)13(15)12-9-5-7-10-6-4-8-11(10)12/h5,7,9H,4,6,8H2,1-3H3. The summed E-state index contributed by atoms with van der Waals surface area (Å²) in [5.74, 6) is 0.279. The summed E-state index contributed by atoms with van der Waals surface area (Å²) in [6.07, 6.45) is 3.41. The monoisotopic (exact) mass is 202 g/mol. The van der Waals surface area contributed by atoms with Crippen molar-refractivity contribution in [2.24, 2.45) is 5.41 Å². The first-order valence-electron chi connectivity index (χ1n) is 5.66. The van der Waals surface area contributed by atoms with Crippen LogP contribution in [0.15, 0.2) is 18.2 Å². The molecule has 0 fully saturated rings. The molecule has 1 aliphatic carbocycles. The van der Waals surface area contributed by atoms with Crippen LogP contribution in [0.1, 0.15) is 48.7 Å². The third kappa shape index (κ3) is 1.83. The maximum Gasteiger partial charge on any atom is 0.168 e. The number of rotatable bonds is 1. The van der Waals surface area contributed by atoms with E-state index in [1.165, 1.54) is 17.5 Å². The second-order valence-electron chi connectivity index (χ2n) is 5.38. The van der Waals surface area contributed by atoms with Crippen molar-refractivity contribution >= 4 is 5.78 Å². The van der Waals surface area contributed by atoms with E-state index in [4.69, 9.17) is 0 Å². The van der Waals surface area contributed by atoms with E-state index >= 15 is 0 Å². The minimum absolute atomic E-state index is 0.266. The molecule has 1 heteroatoms. The zero-order chi connectivity index (χ0) is 11.1. The molecule has 80 valence electrons. The smallest absolute Gasteiger partial charge is 0.168 e. The molecule has 1 aliphatic rings. The van der Waals surface area contributed by atoms with Crippen LogP contribution in [-0.2, 0) is 12.8 Å². The predicted molar refractivity (Wildman–Crippen MR) is 62.3 cm³/mol. The number of carbonyl (C=O) groups is 1. The van der Waals surface area contributed by atoms with Gasteiger partial charge in [-0.2, -0.15) is 0 Å². The van der Waals surface area contributed by atoms with Crippen LogP contribution in [0.25, 0.3) is 0 Å². The van der Waals surface area contributed by atoms with Crippen molar-refractivity contribution in [3.05, 3.63) is 34.9 Å². The lowest BCUT2D eigenvalue weighted by molar-refractivity contribution is 0.0857. The van der Waals surface area contributed by atoms with Gasteiger partial charge in [-0.25, -0.2) is 0 Å². The predicted octanol–water partition coefficient (Wildman–Crippen LogP) is 3.40. The van der Waals surface area contributed by atoms with Crippen molar-refractivity contribution in [2.45, 2.75) is 40.0 Å². The van der Waals surface area contributed by atoms with Crippen LogP contribution >= 0.6 is 0 Å². The molecule has 1 nitrogen and oxygen atoms in total. The fourth-order valence-corrected chi connectivity index (χ4v) is 2.24. The van der Waals surface area contributed by atoms with Gasteiger partial charge in [0.2, 0.25) is 0 Å². The molecule has 0 amide bonds. The average molecular weight is 202 g/mol.